The molecule has 0 atom stereocenters. The largest absolute Gasteiger partial charge is 0.478 e. The molecular formula is C26H22ClN5O3. The summed E-state index contributed by atoms with van der Waals surface area (Å²) in [6.07, 6.45) is 3.21. The van der Waals surface area contributed by atoms with Crippen LogP contribution in [0.2, 0.25) is 0 Å². The first kappa shape index (κ1) is 23.7. The summed E-state index contributed by atoms with van der Waals surface area (Å²) in [5.74, 6) is 1.11. The smallest absolute Gasteiger partial charge is 0.335 e. The zero-order valence-corrected chi connectivity index (χ0v) is 19.8. The highest BCUT2D eigenvalue weighted by atomic mass is 35.5. The van der Waals surface area contributed by atoms with Crippen LogP contribution in [-0.4, -0.2) is 31.0 Å². The van der Waals surface area contributed by atoms with E-state index in [0.29, 0.717) is 11.6 Å². The van der Waals surface area contributed by atoms with Gasteiger partial charge in [-0.15, -0.1) is 12.4 Å². The number of nitrogens with zero attached hydrogens (tertiary/aromatic N) is 3. The molecule has 0 spiro atoms. The van der Waals surface area contributed by atoms with Crippen molar-refractivity contribution in [2.24, 2.45) is 0 Å². The zero-order chi connectivity index (χ0) is 23.7. The SMILES string of the molecule is Cc1ccc(Oc2ccc(Nc3ncnc4cc(-c5ccc(C(=O)O)cc5)[nH]c34)cc2C)cn1.Cl. The number of hydrogen-bond acceptors (Lipinski definition) is 6. The number of rotatable bonds is 6. The van der Waals surface area contributed by atoms with Crippen molar-refractivity contribution in [3.05, 3.63) is 90.0 Å². The molecule has 35 heavy (non-hydrogen) atoms. The number of halogens is 1. The lowest BCUT2D eigenvalue weighted by Crippen LogP contribution is -1.97. The summed E-state index contributed by atoms with van der Waals surface area (Å²) in [6, 6.07) is 18.2. The van der Waals surface area contributed by atoms with Crippen LogP contribution in [0.25, 0.3) is 22.3 Å². The molecule has 0 fully saturated rings. The highest BCUT2D eigenvalue weighted by Crippen LogP contribution is 2.31. The van der Waals surface area contributed by atoms with Crippen LogP contribution in [0.3, 0.4) is 0 Å². The molecule has 0 radical (unpaired) electrons. The summed E-state index contributed by atoms with van der Waals surface area (Å²) in [7, 11) is 0. The number of benzene rings is 2. The third-order valence-corrected chi connectivity index (χ3v) is 5.41. The zero-order valence-electron chi connectivity index (χ0n) is 18.9. The predicted octanol–water partition coefficient (Wildman–Crippen LogP) is 6.29. The highest BCUT2D eigenvalue weighted by molar-refractivity contribution is 5.92. The minimum Gasteiger partial charge on any atom is -0.478 e. The minimum atomic E-state index is -0.956. The van der Waals surface area contributed by atoms with Gasteiger partial charge in [-0.3, -0.25) is 4.98 Å². The van der Waals surface area contributed by atoms with Gasteiger partial charge in [0.2, 0.25) is 0 Å². The van der Waals surface area contributed by atoms with Gasteiger partial charge in [-0.1, -0.05) is 12.1 Å². The number of aromatic nitrogens is 4. The van der Waals surface area contributed by atoms with E-state index < -0.39 is 5.97 Å². The number of aryl methyl sites for hydroxylation is 2. The molecule has 0 aliphatic heterocycles. The molecule has 3 N–H and O–H groups in total. The molecule has 3 heterocycles. The normalized spacial score (nSPS) is 10.6. The van der Waals surface area contributed by atoms with Gasteiger partial charge >= 0.3 is 5.97 Å². The Morgan fingerprint density at radius 1 is 0.971 bits per heavy atom. The van der Waals surface area contributed by atoms with Gasteiger partial charge in [-0.2, -0.15) is 0 Å². The Balaban J connectivity index is 0.00000289. The monoisotopic (exact) mass is 487 g/mol. The van der Waals surface area contributed by atoms with E-state index in [1.54, 1.807) is 30.5 Å². The molecule has 3 aromatic heterocycles. The molecule has 0 unspecified atom stereocenters. The number of aromatic amines is 1. The standard InChI is InChI=1S/C26H21N5O3.ClH/c1-15-11-19(8-10-23(15)34-20-9-3-16(2)27-13-20)30-25-24-22(28-14-29-25)12-21(31-24)17-4-6-18(7-5-17)26(32)33;/h3-14,31H,1-2H3,(H,32,33)(H,28,29,30);1H. The van der Waals surface area contributed by atoms with Crippen LogP contribution < -0.4 is 10.1 Å². The first-order chi connectivity index (χ1) is 16.5. The lowest BCUT2D eigenvalue weighted by Gasteiger charge is -2.12. The molecule has 2 aromatic carbocycles. The van der Waals surface area contributed by atoms with Crippen molar-refractivity contribution in [1.29, 1.82) is 0 Å². The molecule has 0 aliphatic carbocycles. The van der Waals surface area contributed by atoms with Gasteiger partial charge in [0.25, 0.3) is 0 Å². The van der Waals surface area contributed by atoms with Gasteiger partial charge in [0.1, 0.15) is 23.3 Å². The van der Waals surface area contributed by atoms with E-state index in [1.807, 2.05) is 50.2 Å². The average molecular weight is 488 g/mol. The van der Waals surface area contributed by atoms with Gasteiger partial charge < -0.3 is 20.1 Å². The van der Waals surface area contributed by atoms with Crippen LogP contribution in [0, 0.1) is 13.8 Å². The van der Waals surface area contributed by atoms with E-state index in [0.717, 1.165) is 45.0 Å². The molecule has 0 saturated carbocycles. The number of carboxylic acid groups (broad SMARTS) is 1. The number of ether oxygens (including phenoxy) is 1. The minimum absolute atomic E-state index is 0. The maximum atomic E-state index is 11.1. The number of carbonyl (C=O) groups is 1. The molecule has 176 valence electrons. The summed E-state index contributed by atoms with van der Waals surface area (Å²) in [4.78, 5) is 27.5. The molecule has 8 nitrogen and oxygen atoms in total. The van der Waals surface area contributed by atoms with Crippen LogP contribution in [0.1, 0.15) is 21.6 Å². The Labute approximate surface area is 207 Å². The fourth-order valence-electron chi connectivity index (χ4n) is 3.60. The van der Waals surface area contributed by atoms with Crippen molar-refractivity contribution in [3.8, 4) is 22.8 Å². The van der Waals surface area contributed by atoms with Crippen LogP contribution in [0.4, 0.5) is 11.5 Å². The second-order valence-corrected chi connectivity index (χ2v) is 7.89. The maximum absolute atomic E-state index is 11.1. The van der Waals surface area contributed by atoms with Gasteiger partial charge in [-0.05, 0) is 73.5 Å². The summed E-state index contributed by atoms with van der Waals surface area (Å²) >= 11 is 0. The molecule has 0 saturated heterocycles. The van der Waals surface area contributed by atoms with Crippen molar-refractivity contribution in [3.63, 3.8) is 0 Å². The van der Waals surface area contributed by atoms with E-state index in [-0.39, 0.29) is 18.0 Å². The third kappa shape index (κ3) is 5.07. The lowest BCUT2D eigenvalue weighted by atomic mass is 10.1. The second-order valence-electron chi connectivity index (χ2n) is 7.89. The van der Waals surface area contributed by atoms with Crippen LogP contribution in [0.15, 0.2) is 73.2 Å². The Morgan fingerprint density at radius 3 is 2.46 bits per heavy atom. The number of H-pyrrole nitrogens is 1. The summed E-state index contributed by atoms with van der Waals surface area (Å²) < 4.78 is 5.96. The van der Waals surface area contributed by atoms with E-state index in [4.69, 9.17) is 9.84 Å². The van der Waals surface area contributed by atoms with E-state index in [9.17, 15) is 4.79 Å². The molecule has 5 aromatic rings. The highest BCUT2D eigenvalue weighted by Gasteiger charge is 2.12. The average Bonchev–Trinajstić information content (AvgIpc) is 3.28. The number of pyridine rings is 1. The van der Waals surface area contributed by atoms with Crippen LogP contribution in [0.5, 0.6) is 11.5 Å². The first-order valence-electron chi connectivity index (χ1n) is 10.6. The van der Waals surface area contributed by atoms with E-state index in [2.05, 4.69) is 25.3 Å². The number of anilines is 2. The Morgan fingerprint density at radius 2 is 1.77 bits per heavy atom. The molecule has 5 rings (SSSR count). The number of carboxylic acids is 1. The number of hydrogen-bond donors (Lipinski definition) is 3. The fraction of sp³-hybridized carbons (Fsp3) is 0.0769. The first-order valence-corrected chi connectivity index (χ1v) is 10.6. The summed E-state index contributed by atoms with van der Waals surface area (Å²) in [5, 5.41) is 12.5. The lowest BCUT2D eigenvalue weighted by molar-refractivity contribution is 0.0697. The van der Waals surface area contributed by atoms with Crippen molar-refractivity contribution in [2.75, 3.05) is 5.32 Å². The fourth-order valence-corrected chi connectivity index (χ4v) is 3.60. The van der Waals surface area contributed by atoms with Crippen molar-refractivity contribution in [2.45, 2.75) is 13.8 Å². The maximum Gasteiger partial charge on any atom is 0.335 e. The molecule has 0 aliphatic rings. The van der Waals surface area contributed by atoms with Gasteiger partial charge in [0.05, 0.1) is 17.3 Å². The topological polar surface area (TPSA) is 113 Å². The molecule has 9 heteroatoms. The number of nitrogens with one attached hydrogen (secondary N) is 2. The summed E-state index contributed by atoms with van der Waals surface area (Å²) in [6.45, 7) is 3.91. The Bertz CT molecular complexity index is 1500. The van der Waals surface area contributed by atoms with Gasteiger partial charge in [0, 0.05) is 17.1 Å². The van der Waals surface area contributed by atoms with Crippen molar-refractivity contribution in [1.82, 2.24) is 19.9 Å². The van der Waals surface area contributed by atoms with Crippen LogP contribution >= 0.6 is 12.4 Å². The van der Waals surface area contributed by atoms with E-state index in [1.165, 1.54) is 6.33 Å². The van der Waals surface area contributed by atoms with Gasteiger partial charge in [0.15, 0.2) is 5.82 Å². The Kier molecular flexibility index (Phi) is 6.66. The quantitative estimate of drug-likeness (QED) is 0.258. The second kappa shape index (κ2) is 9.82. The number of aromatic carboxylic acids is 1. The Hall–Kier alpha value is -4.43. The summed E-state index contributed by atoms with van der Waals surface area (Å²) in [5.41, 5.74) is 6.17. The van der Waals surface area contributed by atoms with Crippen LogP contribution in [-0.2, 0) is 0 Å². The van der Waals surface area contributed by atoms with Gasteiger partial charge in [-0.25, -0.2) is 14.8 Å². The molecular weight excluding hydrogens is 466 g/mol. The van der Waals surface area contributed by atoms with Crippen molar-refractivity contribution < 1.29 is 14.6 Å². The van der Waals surface area contributed by atoms with E-state index >= 15 is 0 Å². The molecule has 0 amide bonds. The van der Waals surface area contributed by atoms with Crippen molar-refractivity contribution >= 4 is 40.9 Å². The third-order valence-electron chi connectivity index (χ3n) is 5.41. The number of fused-ring (bicyclic) bond motifs is 1. The molecule has 0 bridgehead atoms. The predicted molar refractivity (Wildman–Crippen MR) is 137 cm³/mol.